The molecule has 0 amide bonds. The lowest BCUT2D eigenvalue weighted by Gasteiger charge is -1.96. The number of aromatic amines is 1. The van der Waals surface area contributed by atoms with Gasteiger partial charge in [0, 0.05) is 7.11 Å². The van der Waals surface area contributed by atoms with E-state index >= 15 is 0 Å². The van der Waals surface area contributed by atoms with Gasteiger partial charge in [-0.25, -0.2) is 4.98 Å². The molecule has 1 aromatic rings. The van der Waals surface area contributed by atoms with Crippen LogP contribution in [0.15, 0.2) is 11.0 Å². The molecule has 0 saturated carbocycles. The summed E-state index contributed by atoms with van der Waals surface area (Å²) in [7, 11) is 1.50. The lowest BCUT2D eigenvalue weighted by Crippen LogP contribution is -2.14. The highest BCUT2D eigenvalue weighted by atomic mass is 16.5. The van der Waals surface area contributed by atoms with Crippen molar-refractivity contribution in [2.45, 2.75) is 6.61 Å². The maximum absolute atomic E-state index is 11.0. The smallest absolute Gasteiger partial charge is 0.268 e. The predicted molar refractivity (Wildman–Crippen MR) is 40.3 cm³/mol. The Morgan fingerprint density at radius 1 is 1.83 bits per heavy atom. The van der Waals surface area contributed by atoms with Gasteiger partial charge in [0.05, 0.1) is 6.20 Å². The van der Waals surface area contributed by atoms with Gasteiger partial charge >= 0.3 is 0 Å². The highest BCUT2D eigenvalue weighted by Gasteiger charge is 1.99. The van der Waals surface area contributed by atoms with Gasteiger partial charge in [-0.2, -0.15) is 5.26 Å². The molecule has 0 bridgehead atoms. The van der Waals surface area contributed by atoms with Gasteiger partial charge in [-0.05, 0) is 0 Å². The van der Waals surface area contributed by atoms with E-state index in [2.05, 4.69) is 9.97 Å². The van der Waals surface area contributed by atoms with Crippen LogP contribution in [0.2, 0.25) is 0 Å². The van der Waals surface area contributed by atoms with E-state index in [1.807, 2.05) is 0 Å². The van der Waals surface area contributed by atoms with Gasteiger partial charge < -0.3 is 9.72 Å². The van der Waals surface area contributed by atoms with Crippen molar-refractivity contribution in [3.05, 3.63) is 27.9 Å². The molecule has 5 nitrogen and oxygen atoms in total. The number of ether oxygens (including phenoxy) is 1. The monoisotopic (exact) mass is 165 g/mol. The maximum atomic E-state index is 11.0. The number of hydrogen-bond acceptors (Lipinski definition) is 4. The minimum absolute atomic E-state index is 0.00912. The first kappa shape index (κ1) is 8.43. The van der Waals surface area contributed by atoms with Crippen molar-refractivity contribution in [3.63, 3.8) is 0 Å². The van der Waals surface area contributed by atoms with Gasteiger partial charge in [-0.1, -0.05) is 0 Å². The van der Waals surface area contributed by atoms with Crippen molar-refractivity contribution >= 4 is 0 Å². The Morgan fingerprint density at radius 3 is 3.08 bits per heavy atom. The van der Waals surface area contributed by atoms with E-state index in [4.69, 9.17) is 10.00 Å². The number of hydrogen-bond donors (Lipinski definition) is 1. The number of nitrogens with one attached hydrogen (secondary N) is 1. The number of methoxy groups -OCH3 is 1. The molecule has 0 spiro atoms. The van der Waals surface area contributed by atoms with Crippen molar-refractivity contribution in [1.82, 2.24) is 9.97 Å². The Morgan fingerprint density at radius 2 is 2.58 bits per heavy atom. The first-order valence-electron chi connectivity index (χ1n) is 3.25. The summed E-state index contributed by atoms with van der Waals surface area (Å²) in [5.41, 5.74) is -0.422. The summed E-state index contributed by atoms with van der Waals surface area (Å²) < 4.78 is 4.74. The van der Waals surface area contributed by atoms with E-state index in [1.54, 1.807) is 6.07 Å². The maximum Gasteiger partial charge on any atom is 0.268 e. The highest BCUT2D eigenvalue weighted by Crippen LogP contribution is 1.89. The minimum Gasteiger partial charge on any atom is -0.377 e. The summed E-state index contributed by atoms with van der Waals surface area (Å²) in [4.78, 5) is 17.2. The molecule has 0 saturated heterocycles. The van der Waals surface area contributed by atoms with Gasteiger partial charge in [0.1, 0.15) is 24.1 Å². The van der Waals surface area contributed by atoms with E-state index in [9.17, 15) is 4.79 Å². The molecule has 0 aromatic carbocycles. The largest absolute Gasteiger partial charge is 0.377 e. The second-order valence-corrected chi connectivity index (χ2v) is 2.12. The number of rotatable bonds is 2. The molecule has 1 heterocycles. The molecule has 0 unspecified atom stereocenters. The predicted octanol–water partition coefficient (Wildman–Crippen LogP) is -0.212. The van der Waals surface area contributed by atoms with E-state index in [0.717, 1.165) is 0 Å². The standard InChI is InChI=1S/C7H7N3O2/c1-12-4-6-9-3-5(2-8)7(11)10-6/h3H,4H2,1H3,(H,9,10,11). The van der Waals surface area contributed by atoms with Crippen LogP contribution in [0.3, 0.4) is 0 Å². The first-order valence-corrected chi connectivity index (χ1v) is 3.25. The molecule has 0 aliphatic heterocycles. The van der Waals surface area contributed by atoms with Crippen LogP contribution in [0, 0.1) is 11.3 Å². The molecule has 5 heteroatoms. The summed E-state index contributed by atoms with van der Waals surface area (Å²) in [5.74, 6) is 0.418. The molecule has 0 atom stereocenters. The normalized spacial score (nSPS) is 9.33. The third-order valence-electron chi connectivity index (χ3n) is 1.25. The fraction of sp³-hybridized carbons (Fsp3) is 0.286. The highest BCUT2D eigenvalue weighted by molar-refractivity contribution is 5.21. The van der Waals surface area contributed by atoms with Crippen molar-refractivity contribution in [2.75, 3.05) is 7.11 Å². The van der Waals surface area contributed by atoms with Crippen LogP contribution in [0.5, 0.6) is 0 Å². The van der Waals surface area contributed by atoms with Crippen LogP contribution >= 0.6 is 0 Å². The first-order chi connectivity index (χ1) is 5.77. The van der Waals surface area contributed by atoms with E-state index in [0.29, 0.717) is 5.82 Å². The van der Waals surface area contributed by atoms with Crippen LogP contribution in [-0.4, -0.2) is 17.1 Å². The average Bonchev–Trinajstić information content (AvgIpc) is 2.05. The summed E-state index contributed by atoms with van der Waals surface area (Å²) in [5, 5.41) is 8.40. The van der Waals surface area contributed by atoms with Crippen LogP contribution < -0.4 is 5.56 Å². The Balaban J connectivity index is 3.04. The lowest BCUT2D eigenvalue weighted by atomic mass is 10.4. The van der Waals surface area contributed by atoms with Gasteiger partial charge in [-0.15, -0.1) is 0 Å². The zero-order valence-electron chi connectivity index (χ0n) is 6.50. The Labute approximate surface area is 68.6 Å². The Bertz CT molecular complexity index is 364. The number of nitriles is 1. The zero-order valence-corrected chi connectivity index (χ0v) is 6.50. The lowest BCUT2D eigenvalue weighted by molar-refractivity contribution is 0.177. The average molecular weight is 165 g/mol. The van der Waals surface area contributed by atoms with Gasteiger partial charge in [0.15, 0.2) is 0 Å². The van der Waals surface area contributed by atoms with E-state index < -0.39 is 5.56 Å². The van der Waals surface area contributed by atoms with E-state index in [-0.39, 0.29) is 12.2 Å². The summed E-state index contributed by atoms with van der Waals surface area (Å²) in [6, 6.07) is 1.72. The third kappa shape index (κ3) is 1.68. The summed E-state index contributed by atoms with van der Waals surface area (Å²) >= 11 is 0. The van der Waals surface area contributed by atoms with Crippen molar-refractivity contribution < 1.29 is 4.74 Å². The van der Waals surface area contributed by atoms with Gasteiger partial charge in [0.25, 0.3) is 5.56 Å². The van der Waals surface area contributed by atoms with Crippen LogP contribution in [0.1, 0.15) is 11.4 Å². The topological polar surface area (TPSA) is 78.8 Å². The number of aromatic nitrogens is 2. The number of nitrogens with zero attached hydrogens (tertiary/aromatic N) is 2. The molecular formula is C7H7N3O2. The molecule has 12 heavy (non-hydrogen) atoms. The molecule has 1 N–H and O–H groups in total. The van der Waals surface area contributed by atoms with Crippen molar-refractivity contribution in [3.8, 4) is 6.07 Å². The van der Waals surface area contributed by atoms with Gasteiger partial charge in [0.2, 0.25) is 0 Å². The summed E-state index contributed by atoms with van der Waals surface area (Å²) in [6.07, 6.45) is 1.23. The van der Waals surface area contributed by atoms with Crippen LogP contribution in [0.25, 0.3) is 0 Å². The van der Waals surface area contributed by atoms with Crippen LogP contribution in [-0.2, 0) is 11.3 Å². The molecule has 1 rings (SSSR count). The van der Waals surface area contributed by atoms with Gasteiger partial charge in [-0.3, -0.25) is 4.79 Å². The number of H-pyrrole nitrogens is 1. The SMILES string of the molecule is COCc1ncc(C#N)c(=O)[nH]1. The van der Waals surface area contributed by atoms with Crippen LogP contribution in [0.4, 0.5) is 0 Å². The van der Waals surface area contributed by atoms with Crippen molar-refractivity contribution in [2.24, 2.45) is 0 Å². The van der Waals surface area contributed by atoms with E-state index in [1.165, 1.54) is 13.3 Å². The molecule has 0 fully saturated rings. The molecule has 0 radical (unpaired) electrons. The Hall–Kier alpha value is -1.67. The summed E-state index contributed by atoms with van der Waals surface area (Å²) in [6.45, 7) is 0.237. The molecule has 1 aromatic heterocycles. The van der Waals surface area contributed by atoms with Crippen molar-refractivity contribution in [1.29, 1.82) is 5.26 Å². The fourth-order valence-corrected chi connectivity index (χ4v) is 0.721. The molecule has 62 valence electrons. The minimum atomic E-state index is -0.431. The third-order valence-corrected chi connectivity index (χ3v) is 1.25. The molecular weight excluding hydrogens is 158 g/mol. The Kier molecular flexibility index (Phi) is 2.56. The molecule has 0 aliphatic rings. The second-order valence-electron chi connectivity index (χ2n) is 2.12. The molecule has 0 aliphatic carbocycles. The second kappa shape index (κ2) is 3.64. The quantitative estimate of drug-likeness (QED) is 0.657. The zero-order chi connectivity index (χ0) is 8.97. The fourth-order valence-electron chi connectivity index (χ4n) is 0.721.